The highest BCUT2D eigenvalue weighted by molar-refractivity contribution is 5.70. The van der Waals surface area contributed by atoms with Gasteiger partial charge >= 0.3 is 5.97 Å². The smallest absolute Gasteiger partial charge is 0.306 e. The van der Waals surface area contributed by atoms with Crippen molar-refractivity contribution in [2.45, 2.75) is 12.8 Å². The molecule has 1 aliphatic rings. The molecule has 16 heavy (non-hydrogen) atoms. The summed E-state index contributed by atoms with van der Waals surface area (Å²) >= 11 is 0. The van der Waals surface area contributed by atoms with Gasteiger partial charge in [-0.25, -0.2) is 4.98 Å². The monoisotopic (exact) mass is 221 g/mol. The predicted octanol–water partition coefficient (Wildman–Crippen LogP) is 0.965. The summed E-state index contributed by atoms with van der Waals surface area (Å²) in [6.45, 7) is 1.49. The summed E-state index contributed by atoms with van der Waals surface area (Å²) in [6, 6.07) is 3.68. The van der Waals surface area contributed by atoms with Crippen LogP contribution in [-0.2, 0) is 4.79 Å². The van der Waals surface area contributed by atoms with E-state index in [1.165, 1.54) is 0 Å². The molecule has 86 valence electrons. The number of anilines is 2. The fourth-order valence-corrected chi connectivity index (χ4v) is 1.94. The summed E-state index contributed by atoms with van der Waals surface area (Å²) in [5, 5.41) is 8.88. The third-order valence-electron chi connectivity index (χ3n) is 2.94. The minimum absolute atomic E-state index is 0.204. The average molecular weight is 221 g/mol. The molecule has 2 rings (SSSR count). The lowest BCUT2D eigenvalue weighted by Gasteiger charge is -2.30. The minimum atomic E-state index is -0.690. The molecule has 1 aliphatic heterocycles. The van der Waals surface area contributed by atoms with Gasteiger partial charge in [0.15, 0.2) is 0 Å². The van der Waals surface area contributed by atoms with Crippen LogP contribution in [0.1, 0.15) is 12.8 Å². The number of nitrogens with zero attached hydrogens (tertiary/aromatic N) is 2. The van der Waals surface area contributed by atoms with Gasteiger partial charge < -0.3 is 15.7 Å². The number of piperidine rings is 1. The molecule has 0 saturated carbocycles. The molecule has 0 amide bonds. The van der Waals surface area contributed by atoms with Gasteiger partial charge in [0.1, 0.15) is 5.82 Å². The molecule has 0 atom stereocenters. The van der Waals surface area contributed by atoms with Crippen LogP contribution < -0.4 is 10.6 Å². The fraction of sp³-hybridized carbons (Fsp3) is 0.455. The van der Waals surface area contributed by atoms with Crippen molar-refractivity contribution in [1.29, 1.82) is 0 Å². The molecular formula is C11H15N3O2. The number of nitrogens with two attached hydrogens (primary N) is 1. The van der Waals surface area contributed by atoms with Crippen LogP contribution >= 0.6 is 0 Å². The van der Waals surface area contributed by atoms with Crippen LogP contribution in [-0.4, -0.2) is 29.1 Å². The summed E-state index contributed by atoms with van der Waals surface area (Å²) in [5.41, 5.74) is 6.20. The van der Waals surface area contributed by atoms with Crippen LogP contribution in [0, 0.1) is 5.92 Å². The molecule has 0 unspecified atom stereocenters. The summed E-state index contributed by atoms with van der Waals surface area (Å²) in [6.07, 6.45) is 2.99. The standard InChI is InChI=1S/C11H15N3O2/c12-9-1-2-10(13-7-9)14-5-3-8(4-6-14)11(15)16/h1-2,7-8H,3-6,12H2,(H,15,16). The van der Waals surface area contributed by atoms with Gasteiger partial charge in [-0.05, 0) is 25.0 Å². The molecule has 5 heteroatoms. The maximum Gasteiger partial charge on any atom is 0.306 e. The zero-order chi connectivity index (χ0) is 11.5. The largest absolute Gasteiger partial charge is 0.481 e. The molecule has 0 radical (unpaired) electrons. The zero-order valence-corrected chi connectivity index (χ0v) is 8.97. The Kier molecular flexibility index (Phi) is 2.94. The Balaban J connectivity index is 1.99. The van der Waals surface area contributed by atoms with E-state index in [2.05, 4.69) is 9.88 Å². The Bertz CT molecular complexity index is 369. The molecule has 3 N–H and O–H groups in total. The third-order valence-corrected chi connectivity index (χ3v) is 2.94. The van der Waals surface area contributed by atoms with Crippen LogP contribution in [0.25, 0.3) is 0 Å². The van der Waals surface area contributed by atoms with Crippen molar-refractivity contribution in [3.05, 3.63) is 18.3 Å². The van der Waals surface area contributed by atoms with E-state index in [-0.39, 0.29) is 5.92 Å². The van der Waals surface area contributed by atoms with E-state index < -0.39 is 5.97 Å². The van der Waals surface area contributed by atoms with Gasteiger partial charge in [0.05, 0.1) is 17.8 Å². The molecule has 1 saturated heterocycles. The molecule has 0 bridgehead atoms. The number of carboxylic acids is 1. The lowest BCUT2D eigenvalue weighted by molar-refractivity contribution is -0.142. The van der Waals surface area contributed by atoms with E-state index in [1.54, 1.807) is 6.20 Å². The van der Waals surface area contributed by atoms with E-state index in [1.807, 2.05) is 12.1 Å². The summed E-state index contributed by atoms with van der Waals surface area (Å²) in [4.78, 5) is 17.1. The van der Waals surface area contributed by atoms with E-state index in [4.69, 9.17) is 10.8 Å². The maximum absolute atomic E-state index is 10.8. The predicted molar refractivity (Wildman–Crippen MR) is 61.2 cm³/mol. The summed E-state index contributed by atoms with van der Waals surface area (Å²) < 4.78 is 0. The Hall–Kier alpha value is -1.78. The van der Waals surface area contributed by atoms with Gasteiger partial charge in [0, 0.05) is 13.1 Å². The highest BCUT2D eigenvalue weighted by atomic mass is 16.4. The number of pyridine rings is 1. The number of hydrogen-bond acceptors (Lipinski definition) is 4. The zero-order valence-electron chi connectivity index (χ0n) is 8.97. The van der Waals surface area contributed by atoms with E-state index in [0.717, 1.165) is 18.9 Å². The summed E-state index contributed by atoms with van der Waals surface area (Å²) in [7, 11) is 0. The van der Waals surface area contributed by atoms with Crippen molar-refractivity contribution in [3.63, 3.8) is 0 Å². The Morgan fingerprint density at radius 2 is 2.12 bits per heavy atom. The topological polar surface area (TPSA) is 79.5 Å². The highest BCUT2D eigenvalue weighted by Gasteiger charge is 2.24. The third kappa shape index (κ3) is 2.24. The molecule has 0 aromatic carbocycles. The Labute approximate surface area is 93.9 Å². The number of nitrogen functional groups attached to an aromatic ring is 1. The number of carbonyl (C=O) groups is 1. The first-order chi connectivity index (χ1) is 7.66. The van der Waals surface area contributed by atoms with Gasteiger partial charge in [-0.15, -0.1) is 0 Å². The second kappa shape index (κ2) is 4.38. The molecule has 0 spiro atoms. The highest BCUT2D eigenvalue weighted by Crippen LogP contribution is 2.22. The van der Waals surface area contributed by atoms with Gasteiger partial charge in [-0.2, -0.15) is 0 Å². The van der Waals surface area contributed by atoms with Crippen molar-refractivity contribution in [2.24, 2.45) is 5.92 Å². The Morgan fingerprint density at radius 3 is 2.62 bits per heavy atom. The van der Waals surface area contributed by atoms with Crippen molar-refractivity contribution >= 4 is 17.5 Å². The first-order valence-electron chi connectivity index (χ1n) is 5.36. The van der Waals surface area contributed by atoms with Crippen LogP contribution in [0.5, 0.6) is 0 Å². The van der Waals surface area contributed by atoms with Gasteiger partial charge in [-0.1, -0.05) is 0 Å². The number of carboxylic acid groups (broad SMARTS) is 1. The normalized spacial score (nSPS) is 17.4. The first-order valence-corrected chi connectivity index (χ1v) is 5.36. The summed E-state index contributed by atoms with van der Waals surface area (Å²) in [5.74, 6) is -0.0204. The number of hydrogen-bond donors (Lipinski definition) is 2. The van der Waals surface area contributed by atoms with Crippen LogP contribution in [0.15, 0.2) is 18.3 Å². The van der Waals surface area contributed by atoms with Crippen molar-refractivity contribution < 1.29 is 9.90 Å². The molecule has 1 aromatic rings. The molecular weight excluding hydrogens is 206 g/mol. The SMILES string of the molecule is Nc1ccc(N2CCC(C(=O)O)CC2)nc1. The van der Waals surface area contributed by atoms with Crippen molar-refractivity contribution in [2.75, 3.05) is 23.7 Å². The van der Waals surface area contributed by atoms with Crippen LogP contribution in [0.3, 0.4) is 0 Å². The first kappa shape index (κ1) is 10.7. The van der Waals surface area contributed by atoms with Gasteiger partial charge in [0.25, 0.3) is 0 Å². The van der Waals surface area contributed by atoms with E-state index in [0.29, 0.717) is 18.5 Å². The lowest BCUT2D eigenvalue weighted by Crippen LogP contribution is -2.36. The lowest BCUT2D eigenvalue weighted by atomic mass is 9.97. The van der Waals surface area contributed by atoms with Crippen LogP contribution in [0.2, 0.25) is 0 Å². The molecule has 5 nitrogen and oxygen atoms in total. The molecule has 0 aliphatic carbocycles. The van der Waals surface area contributed by atoms with Crippen molar-refractivity contribution in [3.8, 4) is 0 Å². The molecule has 2 heterocycles. The maximum atomic E-state index is 10.8. The number of aliphatic carboxylic acids is 1. The van der Waals surface area contributed by atoms with Gasteiger partial charge in [-0.3, -0.25) is 4.79 Å². The number of rotatable bonds is 2. The molecule has 1 aromatic heterocycles. The van der Waals surface area contributed by atoms with Gasteiger partial charge in [0.2, 0.25) is 0 Å². The molecule has 1 fully saturated rings. The average Bonchev–Trinajstić information content (AvgIpc) is 2.30. The van der Waals surface area contributed by atoms with Crippen molar-refractivity contribution in [1.82, 2.24) is 4.98 Å². The number of aromatic nitrogens is 1. The van der Waals surface area contributed by atoms with E-state index in [9.17, 15) is 4.79 Å². The minimum Gasteiger partial charge on any atom is -0.481 e. The Morgan fingerprint density at radius 1 is 1.44 bits per heavy atom. The van der Waals surface area contributed by atoms with Crippen LogP contribution in [0.4, 0.5) is 11.5 Å². The fourth-order valence-electron chi connectivity index (χ4n) is 1.94. The second-order valence-electron chi connectivity index (χ2n) is 4.05. The van der Waals surface area contributed by atoms with E-state index >= 15 is 0 Å². The second-order valence-corrected chi connectivity index (χ2v) is 4.05. The quantitative estimate of drug-likeness (QED) is 0.777.